The van der Waals surface area contributed by atoms with E-state index in [1.807, 2.05) is 37.3 Å². The zero-order valence-electron chi connectivity index (χ0n) is 19.8. The summed E-state index contributed by atoms with van der Waals surface area (Å²) in [5, 5.41) is 2.94. The van der Waals surface area contributed by atoms with Gasteiger partial charge in [0.2, 0.25) is 5.91 Å². The summed E-state index contributed by atoms with van der Waals surface area (Å²) < 4.78 is 32.3. The first-order valence-electron chi connectivity index (χ1n) is 11.7. The van der Waals surface area contributed by atoms with Crippen molar-refractivity contribution >= 4 is 11.8 Å². The predicted octanol–water partition coefficient (Wildman–Crippen LogP) is 4.90. The first-order valence-corrected chi connectivity index (χ1v) is 11.7. The number of halogens is 2. The maximum absolute atomic E-state index is 13.5. The van der Waals surface area contributed by atoms with Crippen LogP contribution in [0.1, 0.15) is 30.9 Å². The van der Waals surface area contributed by atoms with Crippen LogP contribution >= 0.6 is 0 Å². The van der Waals surface area contributed by atoms with Crippen molar-refractivity contribution in [1.82, 2.24) is 10.2 Å². The van der Waals surface area contributed by atoms with Gasteiger partial charge in [-0.1, -0.05) is 55.8 Å². The standard InChI is InChI=1S/C28H30F2N2O3/c1-2-3-17-31-28(34)26(18-21-7-5-4-6-8-21)32(19-22-9-11-23(29)12-10-22)27(33)20-35-25-15-13-24(30)14-16-25/h4-16,26H,2-3,17-20H2,1H3,(H,31,34). The molecule has 3 rings (SSSR count). The molecule has 0 aliphatic rings. The summed E-state index contributed by atoms with van der Waals surface area (Å²) in [6.07, 6.45) is 2.05. The number of unbranched alkanes of at least 4 members (excludes halogenated alkanes) is 1. The third-order valence-corrected chi connectivity index (χ3v) is 5.54. The van der Waals surface area contributed by atoms with Gasteiger partial charge in [-0.25, -0.2) is 8.78 Å². The number of rotatable bonds is 12. The highest BCUT2D eigenvalue weighted by Crippen LogP contribution is 2.17. The second-order valence-corrected chi connectivity index (χ2v) is 8.24. The van der Waals surface area contributed by atoms with Crippen LogP contribution in [0.3, 0.4) is 0 Å². The molecule has 0 fully saturated rings. The van der Waals surface area contributed by atoms with Crippen LogP contribution in [-0.4, -0.2) is 35.9 Å². The van der Waals surface area contributed by atoms with Crippen molar-refractivity contribution in [2.24, 2.45) is 0 Å². The van der Waals surface area contributed by atoms with E-state index in [0.717, 1.165) is 18.4 Å². The van der Waals surface area contributed by atoms with Crippen LogP contribution in [0.25, 0.3) is 0 Å². The van der Waals surface area contributed by atoms with Gasteiger partial charge in [-0.2, -0.15) is 0 Å². The molecular weight excluding hydrogens is 450 g/mol. The minimum absolute atomic E-state index is 0.102. The van der Waals surface area contributed by atoms with Crippen molar-refractivity contribution in [2.45, 2.75) is 38.8 Å². The molecule has 0 spiro atoms. The summed E-state index contributed by atoms with van der Waals surface area (Å²) >= 11 is 0. The maximum atomic E-state index is 13.5. The van der Waals surface area contributed by atoms with Gasteiger partial charge in [-0.15, -0.1) is 0 Å². The molecule has 1 N–H and O–H groups in total. The summed E-state index contributed by atoms with van der Waals surface area (Å²) in [6, 6.07) is 19.8. The molecule has 0 aromatic heterocycles. The van der Waals surface area contributed by atoms with Crippen LogP contribution in [0.4, 0.5) is 8.78 Å². The van der Waals surface area contributed by atoms with E-state index >= 15 is 0 Å². The van der Waals surface area contributed by atoms with Crippen LogP contribution in [0.5, 0.6) is 5.75 Å². The smallest absolute Gasteiger partial charge is 0.261 e. The minimum Gasteiger partial charge on any atom is -0.484 e. The lowest BCUT2D eigenvalue weighted by Gasteiger charge is -2.31. The Hall–Kier alpha value is -3.74. The monoisotopic (exact) mass is 480 g/mol. The van der Waals surface area contributed by atoms with Crippen molar-refractivity contribution in [2.75, 3.05) is 13.2 Å². The third kappa shape index (κ3) is 8.21. The summed E-state index contributed by atoms with van der Waals surface area (Å²) in [6.45, 7) is 2.31. The second kappa shape index (κ2) is 13.2. The van der Waals surface area contributed by atoms with E-state index in [0.29, 0.717) is 24.3 Å². The predicted molar refractivity (Wildman–Crippen MR) is 131 cm³/mol. The highest BCUT2D eigenvalue weighted by Gasteiger charge is 2.30. The van der Waals surface area contributed by atoms with E-state index in [4.69, 9.17) is 4.74 Å². The topological polar surface area (TPSA) is 58.6 Å². The second-order valence-electron chi connectivity index (χ2n) is 8.24. The molecule has 1 unspecified atom stereocenters. The van der Waals surface area contributed by atoms with Gasteiger partial charge in [0, 0.05) is 19.5 Å². The fourth-order valence-corrected chi connectivity index (χ4v) is 3.61. The van der Waals surface area contributed by atoms with Crippen molar-refractivity contribution in [3.63, 3.8) is 0 Å². The number of nitrogens with one attached hydrogen (secondary N) is 1. The van der Waals surface area contributed by atoms with E-state index in [1.54, 1.807) is 12.1 Å². The molecule has 3 aromatic rings. The summed E-state index contributed by atoms with van der Waals surface area (Å²) in [7, 11) is 0. The third-order valence-electron chi connectivity index (χ3n) is 5.54. The fraction of sp³-hybridized carbons (Fsp3) is 0.286. The van der Waals surface area contributed by atoms with Crippen molar-refractivity contribution in [3.05, 3.63) is 102 Å². The number of nitrogens with zero attached hydrogens (tertiary/aromatic N) is 1. The van der Waals surface area contributed by atoms with Gasteiger partial charge >= 0.3 is 0 Å². The normalized spacial score (nSPS) is 11.5. The number of ether oxygens (including phenoxy) is 1. The van der Waals surface area contributed by atoms with Crippen LogP contribution in [0.2, 0.25) is 0 Å². The average molecular weight is 481 g/mol. The van der Waals surface area contributed by atoms with Crippen LogP contribution in [0, 0.1) is 11.6 Å². The molecule has 0 heterocycles. The highest BCUT2D eigenvalue weighted by molar-refractivity contribution is 5.88. The highest BCUT2D eigenvalue weighted by atomic mass is 19.1. The number of carbonyl (C=O) groups is 2. The molecule has 2 amide bonds. The first kappa shape index (κ1) is 25.9. The molecule has 35 heavy (non-hydrogen) atoms. The molecule has 5 nitrogen and oxygen atoms in total. The molecule has 0 radical (unpaired) electrons. The Morgan fingerprint density at radius 2 is 1.51 bits per heavy atom. The Labute approximate surface area is 204 Å². The van der Waals surface area contributed by atoms with Gasteiger partial charge in [-0.3, -0.25) is 9.59 Å². The molecule has 0 aliphatic heterocycles. The van der Waals surface area contributed by atoms with Gasteiger partial charge in [0.05, 0.1) is 0 Å². The van der Waals surface area contributed by atoms with E-state index in [1.165, 1.54) is 41.3 Å². The lowest BCUT2D eigenvalue weighted by atomic mass is 10.0. The Kier molecular flexibility index (Phi) is 9.78. The van der Waals surface area contributed by atoms with Crippen LogP contribution < -0.4 is 10.1 Å². The van der Waals surface area contributed by atoms with Crippen molar-refractivity contribution in [3.8, 4) is 5.75 Å². The quantitative estimate of drug-likeness (QED) is 0.375. The number of benzene rings is 3. The van der Waals surface area contributed by atoms with Crippen LogP contribution in [0.15, 0.2) is 78.9 Å². The lowest BCUT2D eigenvalue weighted by molar-refractivity contribution is -0.142. The van der Waals surface area contributed by atoms with Gasteiger partial charge < -0.3 is 15.0 Å². The molecule has 1 atom stereocenters. The summed E-state index contributed by atoms with van der Waals surface area (Å²) in [5.41, 5.74) is 1.58. The van der Waals surface area contributed by atoms with Crippen molar-refractivity contribution < 1.29 is 23.1 Å². The molecule has 0 saturated heterocycles. The Morgan fingerprint density at radius 3 is 2.14 bits per heavy atom. The SMILES string of the molecule is CCCCNC(=O)C(Cc1ccccc1)N(Cc1ccc(F)cc1)C(=O)COc1ccc(F)cc1. The van der Waals surface area contributed by atoms with E-state index in [-0.39, 0.29) is 24.9 Å². The zero-order valence-corrected chi connectivity index (χ0v) is 19.8. The Balaban J connectivity index is 1.86. The maximum Gasteiger partial charge on any atom is 0.261 e. The van der Waals surface area contributed by atoms with Crippen molar-refractivity contribution in [1.29, 1.82) is 0 Å². The largest absolute Gasteiger partial charge is 0.484 e. The molecule has 7 heteroatoms. The van der Waals surface area contributed by atoms with E-state index in [9.17, 15) is 18.4 Å². The van der Waals surface area contributed by atoms with E-state index < -0.39 is 17.8 Å². The van der Waals surface area contributed by atoms with Gasteiger partial charge in [0.25, 0.3) is 5.91 Å². The molecular formula is C28H30F2N2O3. The van der Waals surface area contributed by atoms with Crippen LogP contribution in [-0.2, 0) is 22.6 Å². The Bertz CT molecular complexity index is 1070. The average Bonchev–Trinajstić information content (AvgIpc) is 2.87. The molecule has 0 bridgehead atoms. The molecule has 184 valence electrons. The molecule has 3 aromatic carbocycles. The number of amides is 2. The summed E-state index contributed by atoms with van der Waals surface area (Å²) in [5.74, 6) is -1.13. The number of hydrogen-bond acceptors (Lipinski definition) is 3. The fourth-order valence-electron chi connectivity index (χ4n) is 3.61. The molecule has 0 aliphatic carbocycles. The Morgan fingerprint density at radius 1 is 0.886 bits per heavy atom. The van der Waals surface area contributed by atoms with Gasteiger partial charge in [-0.05, 0) is 53.9 Å². The first-order chi connectivity index (χ1) is 17.0. The zero-order chi connectivity index (χ0) is 25.0. The number of hydrogen-bond donors (Lipinski definition) is 1. The minimum atomic E-state index is -0.802. The lowest BCUT2D eigenvalue weighted by Crippen LogP contribution is -2.51. The van der Waals surface area contributed by atoms with E-state index in [2.05, 4.69) is 5.32 Å². The van der Waals surface area contributed by atoms with Gasteiger partial charge in [0.1, 0.15) is 23.4 Å². The number of carbonyl (C=O) groups excluding carboxylic acids is 2. The van der Waals surface area contributed by atoms with Gasteiger partial charge in [0.15, 0.2) is 6.61 Å². The molecule has 0 saturated carbocycles. The summed E-state index contributed by atoms with van der Waals surface area (Å²) in [4.78, 5) is 28.1.